The maximum absolute atomic E-state index is 5.30. The van der Waals surface area contributed by atoms with E-state index in [1.165, 1.54) is 19.4 Å². The first-order valence-electron chi connectivity index (χ1n) is 6.42. The average Bonchev–Trinajstić information content (AvgIpc) is 2.69. The molecule has 0 bridgehead atoms. The van der Waals surface area contributed by atoms with E-state index in [4.69, 9.17) is 4.74 Å². The normalized spacial score (nSPS) is 23.8. The van der Waals surface area contributed by atoms with Crippen molar-refractivity contribution in [2.75, 3.05) is 20.2 Å². The minimum Gasteiger partial charge on any atom is -0.380 e. The SMILES string of the molecule is CC.COC(C)CN1CCCC1C(C)C. The van der Waals surface area contributed by atoms with E-state index < -0.39 is 0 Å². The van der Waals surface area contributed by atoms with Crippen molar-refractivity contribution in [1.29, 1.82) is 0 Å². The molecule has 1 fully saturated rings. The van der Waals surface area contributed by atoms with Crippen LogP contribution in [0, 0.1) is 5.92 Å². The Labute approximate surface area is 96.0 Å². The molecule has 1 rings (SSSR count). The predicted octanol–water partition coefficient (Wildman–Crippen LogP) is 3.17. The zero-order valence-corrected chi connectivity index (χ0v) is 11.4. The van der Waals surface area contributed by atoms with E-state index >= 15 is 0 Å². The number of hydrogen-bond donors (Lipinski definition) is 0. The summed E-state index contributed by atoms with van der Waals surface area (Å²) >= 11 is 0. The maximum Gasteiger partial charge on any atom is 0.0670 e. The molecular weight excluding hydrogens is 186 g/mol. The lowest BCUT2D eigenvalue weighted by Gasteiger charge is -2.29. The molecule has 0 spiro atoms. The van der Waals surface area contributed by atoms with Gasteiger partial charge in [0.1, 0.15) is 0 Å². The fourth-order valence-corrected chi connectivity index (χ4v) is 2.24. The molecule has 0 aromatic heterocycles. The molecule has 2 nitrogen and oxygen atoms in total. The smallest absolute Gasteiger partial charge is 0.0670 e. The Kier molecular flexibility index (Phi) is 8.07. The summed E-state index contributed by atoms with van der Waals surface area (Å²) in [5, 5.41) is 0. The first-order valence-corrected chi connectivity index (χ1v) is 6.42. The largest absolute Gasteiger partial charge is 0.380 e. The van der Waals surface area contributed by atoms with Gasteiger partial charge >= 0.3 is 0 Å². The van der Waals surface area contributed by atoms with Gasteiger partial charge in [0.05, 0.1) is 6.10 Å². The van der Waals surface area contributed by atoms with Gasteiger partial charge in [-0.3, -0.25) is 4.90 Å². The van der Waals surface area contributed by atoms with Gasteiger partial charge in [0.25, 0.3) is 0 Å². The number of ether oxygens (including phenoxy) is 1. The molecule has 1 heterocycles. The summed E-state index contributed by atoms with van der Waals surface area (Å²) in [6.07, 6.45) is 3.10. The summed E-state index contributed by atoms with van der Waals surface area (Å²) in [5.41, 5.74) is 0. The molecule has 0 radical (unpaired) electrons. The van der Waals surface area contributed by atoms with Crippen molar-refractivity contribution < 1.29 is 4.74 Å². The maximum atomic E-state index is 5.30. The van der Waals surface area contributed by atoms with E-state index in [1.54, 1.807) is 7.11 Å². The summed E-state index contributed by atoms with van der Waals surface area (Å²) in [6, 6.07) is 0.789. The molecule has 1 aliphatic rings. The van der Waals surface area contributed by atoms with Crippen LogP contribution >= 0.6 is 0 Å². The molecule has 0 N–H and O–H groups in total. The number of rotatable bonds is 4. The van der Waals surface area contributed by atoms with Gasteiger partial charge < -0.3 is 4.74 Å². The molecule has 1 aliphatic heterocycles. The number of methoxy groups -OCH3 is 1. The van der Waals surface area contributed by atoms with Crippen LogP contribution in [0.4, 0.5) is 0 Å². The van der Waals surface area contributed by atoms with Gasteiger partial charge in [-0.15, -0.1) is 0 Å². The third kappa shape index (κ3) is 4.98. The number of hydrogen-bond acceptors (Lipinski definition) is 2. The van der Waals surface area contributed by atoms with Crippen molar-refractivity contribution in [1.82, 2.24) is 4.90 Å². The van der Waals surface area contributed by atoms with Gasteiger partial charge in [-0.05, 0) is 32.2 Å². The van der Waals surface area contributed by atoms with Crippen molar-refractivity contribution >= 4 is 0 Å². The lowest BCUT2D eigenvalue weighted by atomic mass is 10.0. The Morgan fingerprint density at radius 1 is 1.27 bits per heavy atom. The molecule has 92 valence electrons. The highest BCUT2D eigenvalue weighted by atomic mass is 16.5. The monoisotopic (exact) mass is 215 g/mol. The zero-order valence-electron chi connectivity index (χ0n) is 11.4. The fraction of sp³-hybridized carbons (Fsp3) is 1.00. The lowest BCUT2D eigenvalue weighted by molar-refractivity contribution is 0.0650. The fourth-order valence-electron chi connectivity index (χ4n) is 2.24. The van der Waals surface area contributed by atoms with Gasteiger partial charge in [0.2, 0.25) is 0 Å². The average molecular weight is 215 g/mol. The molecule has 2 unspecified atom stereocenters. The lowest BCUT2D eigenvalue weighted by Crippen LogP contribution is -2.38. The third-order valence-electron chi connectivity index (χ3n) is 3.08. The van der Waals surface area contributed by atoms with Crippen LogP contribution < -0.4 is 0 Å². The van der Waals surface area contributed by atoms with Crippen LogP contribution in [-0.4, -0.2) is 37.2 Å². The van der Waals surface area contributed by atoms with E-state index in [9.17, 15) is 0 Å². The summed E-state index contributed by atoms with van der Waals surface area (Å²) < 4.78 is 5.30. The highest BCUT2D eigenvalue weighted by molar-refractivity contribution is 4.82. The van der Waals surface area contributed by atoms with Crippen molar-refractivity contribution in [2.24, 2.45) is 5.92 Å². The van der Waals surface area contributed by atoms with Crippen molar-refractivity contribution in [3.8, 4) is 0 Å². The first kappa shape index (κ1) is 14.9. The van der Waals surface area contributed by atoms with Crippen LogP contribution in [0.3, 0.4) is 0 Å². The molecule has 0 aliphatic carbocycles. The topological polar surface area (TPSA) is 12.5 Å². The summed E-state index contributed by atoms with van der Waals surface area (Å²) in [6.45, 7) is 13.1. The predicted molar refractivity (Wildman–Crippen MR) is 67.3 cm³/mol. The second-order valence-electron chi connectivity index (χ2n) is 4.49. The molecule has 2 atom stereocenters. The Hall–Kier alpha value is -0.0800. The summed E-state index contributed by atoms with van der Waals surface area (Å²) in [7, 11) is 1.80. The van der Waals surface area contributed by atoms with Crippen LogP contribution in [0.2, 0.25) is 0 Å². The number of likely N-dealkylation sites (tertiary alicyclic amines) is 1. The minimum absolute atomic E-state index is 0.374. The zero-order chi connectivity index (χ0) is 11.8. The molecule has 0 amide bonds. The third-order valence-corrected chi connectivity index (χ3v) is 3.08. The highest BCUT2D eigenvalue weighted by Crippen LogP contribution is 2.23. The van der Waals surface area contributed by atoms with Crippen LogP contribution in [0.25, 0.3) is 0 Å². The van der Waals surface area contributed by atoms with Gasteiger partial charge in [-0.1, -0.05) is 27.7 Å². The van der Waals surface area contributed by atoms with E-state index in [0.29, 0.717) is 6.10 Å². The summed E-state index contributed by atoms with van der Waals surface area (Å²) in [5.74, 6) is 0.784. The van der Waals surface area contributed by atoms with Gasteiger partial charge in [-0.2, -0.15) is 0 Å². The standard InChI is InChI=1S/C11H23NO.C2H6/c1-9(2)11-6-5-7-12(11)8-10(3)13-4;1-2/h9-11H,5-8H2,1-4H3;1-2H3. The van der Waals surface area contributed by atoms with Crippen molar-refractivity contribution in [2.45, 2.75) is 59.6 Å². The van der Waals surface area contributed by atoms with Gasteiger partial charge in [0, 0.05) is 19.7 Å². The van der Waals surface area contributed by atoms with Crippen LogP contribution in [0.1, 0.15) is 47.5 Å². The van der Waals surface area contributed by atoms with E-state index in [1.807, 2.05) is 13.8 Å². The van der Waals surface area contributed by atoms with Crippen LogP contribution in [0.5, 0.6) is 0 Å². The molecule has 0 saturated carbocycles. The molecule has 2 heteroatoms. The molecule has 0 aromatic rings. The number of nitrogens with zero attached hydrogens (tertiary/aromatic N) is 1. The molecule has 0 aromatic carbocycles. The Bertz CT molecular complexity index is 147. The minimum atomic E-state index is 0.374. The van der Waals surface area contributed by atoms with Crippen LogP contribution in [-0.2, 0) is 4.74 Å². The molecular formula is C13H29NO. The van der Waals surface area contributed by atoms with E-state index in [0.717, 1.165) is 18.5 Å². The van der Waals surface area contributed by atoms with Crippen LogP contribution in [0.15, 0.2) is 0 Å². The molecule has 1 saturated heterocycles. The summed E-state index contributed by atoms with van der Waals surface area (Å²) in [4.78, 5) is 2.58. The molecule has 15 heavy (non-hydrogen) atoms. The van der Waals surface area contributed by atoms with Gasteiger partial charge in [0.15, 0.2) is 0 Å². The van der Waals surface area contributed by atoms with Crippen molar-refractivity contribution in [3.63, 3.8) is 0 Å². The van der Waals surface area contributed by atoms with E-state index in [-0.39, 0.29) is 0 Å². The highest BCUT2D eigenvalue weighted by Gasteiger charge is 2.27. The first-order chi connectivity index (χ1) is 7.15. The van der Waals surface area contributed by atoms with Crippen molar-refractivity contribution in [3.05, 3.63) is 0 Å². The second-order valence-corrected chi connectivity index (χ2v) is 4.49. The Balaban J connectivity index is 0.000000921. The quantitative estimate of drug-likeness (QED) is 0.714. The van der Waals surface area contributed by atoms with E-state index in [2.05, 4.69) is 25.7 Å². The van der Waals surface area contributed by atoms with Gasteiger partial charge in [-0.25, -0.2) is 0 Å². The second kappa shape index (κ2) is 8.12. The Morgan fingerprint density at radius 3 is 2.33 bits per heavy atom. The Morgan fingerprint density at radius 2 is 1.87 bits per heavy atom.